The third kappa shape index (κ3) is 3.83. The van der Waals surface area contributed by atoms with Crippen LogP contribution in [-0.2, 0) is 6.54 Å². The minimum Gasteiger partial charge on any atom is -0.322 e. The highest BCUT2D eigenvalue weighted by Crippen LogP contribution is 2.27. The van der Waals surface area contributed by atoms with E-state index >= 15 is 0 Å². The summed E-state index contributed by atoms with van der Waals surface area (Å²) in [7, 11) is 0. The Bertz CT molecular complexity index is 1240. The Labute approximate surface area is 169 Å². The number of para-hydroxylation sites is 1. The van der Waals surface area contributed by atoms with Gasteiger partial charge in [0.1, 0.15) is 0 Å². The van der Waals surface area contributed by atoms with Crippen LogP contribution >= 0.6 is 0 Å². The molecule has 0 aliphatic carbocycles. The highest BCUT2D eigenvalue weighted by atomic mass is 16.2. The minimum atomic E-state index is -0.175. The number of aromatic nitrogens is 1. The topological polar surface area (TPSA) is 53.2 Å². The summed E-state index contributed by atoms with van der Waals surface area (Å²) in [5, 5.41) is 0.933. The maximum absolute atomic E-state index is 13.4. The molecule has 0 fully saturated rings. The van der Waals surface area contributed by atoms with Gasteiger partial charge in [0.05, 0.1) is 6.54 Å². The average Bonchev–Trinajstić information content (AvgIpc) is 2.72. The van der Waals surface area contributed by atoms with Crippen LogP contribution in [0.2, 0.25) is 0 Å². The predicted molar refractivity (Wildman–Crippen MR) is 117 cm³/mol. The molecular formula is C25H22N2O2. The number of hydrogen-bond donors (Lipinski definition) is 1. The maximum atomic E-state index is 13.4. The van der Waals surface area contributed by atoms with Gasteiger partial charge in [0.25, 0.3) is 5.91 Å². The maximum Gasteiger partial charge on any atom is 0.258 e. The van der Waals surface area contributed by atoms with E-state index in [-0.39, 0.29) is 11.5 Å². The molecule has 4 heteroatoms. The summed E-state index contributed by atoms with van der Waals surface area (Å²) in [6.45, 7) is 4.34. The van der Waals surface area contributed by atoms with Crippen molar-refractivity contribution >= 4 is 22.5 Å². The smallest absolute Gasteiger partial charge is 0.258 e. The van der Waals surface area contributed by atoms with Crippen LogP contribution < -0.4 is 10.5 Å². The number of H-pyrrole nitrogens is 1. The van der Waals surface area contributed by atoms with E-state index in [1.54, 1.807) is 11.0 Å². The van der Waals surface area contributed by atoms with E-state index in [9.17, 15) is 9.59 Å². The number of aryl methyl sites for hydroxylation is 2. The van der Waals surface area contributed by atoms with Gasteiger partial charge >= 0.3 is 0 Å². The SMILES string of the molecule is Cc1ccc(N(Cc2cc(=O)[nH]c3ccccc23)C(=O)c2ccccc2)c(C)c1. The molecule has 4 aromatic rings. The Kier molecular flexibility index (Phi) is 5.00. The van der Waals surface area contributed by atoms with Gasteiger partial charge in [0.2, 0.25) is 5.56 Å². The van der Waals surface area contributed by atoms with Crippen LogP contribution in [0.25, 0.3) is 10.9 Å². The summed E-state index contributed by atoms with van der Waals surface area (Å²) < 4.78 is 0. The molecule has 1 amide bonds. The number of nitrogens with one attached hydrogen (secondary N) is 1. The molecule has 0 aliphatic heterocycles. The number of rotatable bonds is 4. The zero-order chi connectivity index (χ0) is 20.4. The van der Waals surface area contributed by atoms with Crippen molar-refractivity contribution in [1.29, 1.82) is 0 Å². The molecule has 0 unspecified atom stereocenters. The van der Waals surface area contributed by atoms with Gasteiger partial charge in [0, 0.05) is 28.2 Å². The normalized spacial score (nSPS) is 10.8. The second-order valence-electron chi connectivity index (χ2n) is 7.25. The van der Waals surface area contributed by atoms with Crippen molar-refractivity contribution in [1.82, 2.24) is 4.98 Å². The van der Waals surface area contributed by atoms with Crippen LogP contribution in [0.15, 0.2) is 83.7 Å². The number of pyridine rings is 1. The molecule has 29 heavy (non-hydrogen) atoms. The fourth-order valence-corrected chi connectivity index (χ4v) is 3.69. The molecule has 144 valence electrons. The molecule has 3 aromatic carbocycles. The summed E-state index contributed by atoms with van der Waals surface area (Å²) in [5.74, 6) is -0.0954. The van der Waals surface area contributed by atoms with Crippen LogP contribution in [-0.4, -0.2) is 10.9 Å². The van der Waals surface area contributed by atoms with Crippen molar-refractivity contribution in [2.75, 3.05) is 4.90 Å². The van der Waals surface area contributed by atoms with E-state index in [1.165, 1.54) is 0 Å². The number of amides is 1. The van der Waals surface area contributed by atoms with Crippen LogP contribution in [0.4, 0.5) is 5.69 Å². The van der Waals surface area contributed by atoms with Gasteiger partial charge in [0.15, 0.2) is 0 Å². The Morgan fingerprint density at radius 3 is 2.38 bits per heavy atom. The van der Waals surface area contributed by atoms with E-state index in [4.69, 9.17) is 0 Å². The number of benzene rings is 3. The first-order valence-corrected chi connectivity index (χ1v) is 9.58. The number of aromatic amines is 1. The Morgan fingerprint density at radius 1 is 0.897 bits per heavy atom. The van der Waals surface area contributed by atoms with Gasteiger partial charge in [-0.25, -0.2) is 0 Å². The molecule has 0 bridgehead atoms. The number of carbonyl (C=O) groups is 1. The number of fused-ring (bicyclic) bond motifs is 1. The lowest BCUT2D eigenvalue weighted by molar-refractivity contribution is 0.0985. The van der Waals surface area contributed by atoms with Gasteiger partial charge in [-0.05, 0) is 49.2 Å². The molecule has 0 atom stereocenters. The Hall–Kier alpha value is -3.66. The standard InChI is InChI=1S/C25H22N2O2/c1-17-12-13-23(18(2)14-17)27(25(29)19-8-4-3-5-9-19)16-20-15-24(28)26-22-11-7-6-10-21(20)22/h3-15H,16H2,1-2H3,(H,26,28). The van der Waals surface area contributed by atoms with E-state index in [1.807, 2.05) is 80.6 Å². The van der Waals surface area contributed by atoms with Crippen LogP contribution in [0.5, 0.6) is 0 Å². The van der Waals surface area contributed by atoms with Crippen molar-refractivity contribution in [3.63, 3.8) is 0 Å². The predicted octanol–water partition coefficient (Wildman–Crippen LogP) is 4.99. The van der Waals surface area contributed by atoms with Gasteiger partial charge in [-0.15, -0.1) is 0 Å². The average molecular weight is 382 g/mol. The number of anilines is 1. The monoisotopic (exact) mass is 382 g/mol. The van der Waals surface area contributed by atoms with E-state index in [0.29, 0.717) is 12.1 Å². The molecule has 1 N–H and O–H groups in total. The zero-order valence-electron chi connectivity index (χ0n) is 16.5. The lowest BCUT2D eigenvalue weighted by atomic mass is 10.0. The van der Waals surface area contributed by atoms with Crippen LogP contribution in [0, 0.1) is 13.8 Å². The van der Waals surface area contributed by atoms with Crippen molar-refractivity contribution < 1.29 is 4.79 Å². The first-order chi connectivity index (χ1) is 14.0. The highest BCUT2D eigenvalue weighted by Gasteiger charge is 2.21. The van der Waals surface area contributed by atoms with Gasteiger partial charge < -0.3 is 9.88 Å². The summed E-state index contributed by atoms with van der Waals surface area (Å²) >= 11 is 0. The summed E-state index contributed by atoms with van der Waals surface area (Å²) in [4.78, 5) is 30.3. The molecule has 1 aromatic heterocycles. The summed E-state index contributed by atoms with van der Waals surface area (Å²) in [6.07, 6.45) is 0. The van der Waals surface area contributed by atoms with E-state index in [0.717, 1.165) is 33.3 Å². The molecule has 0 spiro atoms. The molecule has 0 saturated carbocycles. The van der Waals surface area contributed by atoms with Crippen molar-refractivity contribution in [2.45, 2.75) is 20.4 Å². The highest BCUT2D eigenvalue weighted by molar-refractivity contribution is 6.06. The Balaban J connectivity index is 1.85. The zero-order valence-corrected chi connectivity index (χ0v) is 16.5. The number of carbonyl (C=O) groups excluding carboxylic acids is 1. The van der Waals surface area contributed by atoms with Crippen molar-refractivity contribution in [3.05, 3.63) is 111 Å². The molecule has 1 heterocycles. The summed E-state index contributed by atoms with van der Waals surface area (Å²) in [6, 6.07) is 24.5. The van der Waals surface area contributed by atoms with E-state index < -0.39 is 0 Å². The van der Waals surface area contributed by atoms with Gasteiger partial charge in [-0.1, -0.05) is 54.1 Å². The van der Waals surface area contributed by atoms with Crippen LogP contribution in [0.1, 0.15) is 27.0 Å². The largest absolute Gasteiger partial charge is 0.322 e. The second kappa shape index (κ2) is 7.76. The minimum absolute atomic E-state index is 0.0954. The third-order valence-corrected chi connectivity index (χ3v) is 5.07. The fourth-order valence-electron chi connectivity index (χ4n) is 3.69. The van der Waals surface area contributed by atoms with Gasteiger partial charge in [-0.2, -0.15) is 0 Å². The second-order valence-corrected chi connectivity index (χ2v) is 7.25. The van der Waals surface area contributed by atoms with Gasteiger partial charge in [-0.3, -0.25) is 9.59 Å². The summed E-state index contributed by atoms with van der Waals surface area (Å²) in [5.41, 5.74) is 5.02. The van der Waals surface area contributed by atoms with Crippen molar-refractivity contribution in [3.8, 4) is 0 Å². The number of nitrogens with zero attached hydrogens (tertiary/aromatic N) is 1. The quantitative estimate of drug-likeness (QED) is 0.540. The lowest BCUT2D eigenvalue weighted by Gasteiger charge is -2.25. The lowest BCUT2D eigenvalue weighted by Crippen LogP contribution is -2.31. The van der Waals surface area contributed by atoms with Crippen molar-refractivity contribution in [2.24, 2.45) is 0 Å². The third-order valence-electron chi connectivity index (χ3n) is 5.07. The van der Waals surface area contributed by atoms with E-state index in [2.05, 4.69) is 11.1 Å². The molecule has 0 radical (unpaired) electrons. The first-order valence-electron chi connectivity index (χ1n) is 9.58. The molecular weight excluding hydrogens is 360 g/mol. The molecule has 0 aliphatic rings. The van der Waals surface area contributed by atoms with Crippen LogP contribution in [0.3, 0.4) is 0 Å². The molecule has 0 saturated heterocycles. The molecule has 4 rings (SSSR count). The molecule has 4 nitrogen and oxygen atoms in total. The number of hydrogen-bond acceptors (Lipinski definition) is 2. The first kappa shape index (κ1) is 18.7. The fraction of sp³-hybridized carbons (Fsp3) is 0.120. The Morgan fingerprint density at radius 2 is 1.62 bits per heavy atom.